The van der Waals surface area contributed by atoms with Gasteiger partial charge < -0.3 is 10.6 Å². The molecule has 2 saturated heterocycles. The van der Waals surface area contributed by atoms with Crippen LogP contribution in [0.25, 0.3) is 11.1 Å². The van der Waals surface area contributed by atoms with E-state index in [1.54, 1.807) is 0 Å². The number of nitrogens with one attached hydrogen (secondary N) is 2. The predicted octanol–water partition coefficient (Wildman–Crippen LogP) is 9.19. The molecule has 0 aromatic heterocycles. The Balaban J connectivity index is 1.17. The minimum Gasteiger partial charge on any atom is -0.307 e. The lowest BCUT2D eigenvalue weighted by molar-refractivity contribution is 0.161. The zero-order chi connectivity index (χ0) is 28.8. The van der Waals surface area contributed by atoms with Crippen LogP contribution in [0.2, 0.25) is 0 Å². The van der Waals surface area contributed by atoms with Gasteiger partial charge in [-0.25, -0.2) is 0 Å². The normalized spacial score (nSPS) is 22.2. The zero-order valence-corrected chi connectivity index (χ0v) is 26.3. The van der Waals surface area contributed by atoms with E-state index in [9.17, 15) is 0 Å². The summed E-state index contributed by atoms with van der Waals surface area (Å²) in [5.74, 6) is 1.23. The van der Waals surface area contributed by atoms with Crippen molar-refractivity contribution in [1.82, 2.24) is 10.6 Å². The molecule has 2 aliphatic heterocycles. The van der Waals surface area contributed by atoms with E-state index in [0.717, 1.165) is 12.8 Å². The molecule has 2 heteroatoms. The van der Waals surface area contributed by atoms with Gasteiger partial charge in [0.15, 0.2) is 0 Å². The molecule has 0 amide bonds. The first-order valence-corrected chi connectivity index (χ1v) is 15.5. The van der Waals surface area contributed by atoms with Crippen LogP contribution in [0.1, 0.15) is 115 Å². The summed E-state index contributed by atoms with van der Waals surface area (Å²) in [7, 11) is 0. The lowest BCUT2D eigenvalue weighted by atomic mass is 9.73. The summed E-state index contributed by atoms with van der Waals surface area (Å²) in [4.78, 5) is 0. The van der Waals surface area contributed by atoms with E-state index in [4.69, 9.17) is 0 Å². The van der Waals surface area contributed by atoms with Crippen LogP contribution in [0.15, 0.2) is 72.8 Å². The Bertz CT molecular complexity index is 1240. The third-order valence-electron chi connectivity index (χ3n) is 9.20. The minimum absolute atomic E-state index is 0.171. The molecule has 2 fully saturated rings. The molecular weight excluding hydrogens is 484 g/mol. The Kier molecular flexibility index (Phi) is 7.83. The van der Waals surface area contributed by atoms with Gasteiger partial charge in [-0.2, -0.15) is 0 Å². The molecule has 2 nitrogen and oxygen atoms in total. The maximum Gasteiger partial charge on any atom is 0.0135 e. The third-order valence-corrected chi connectivity index (χ3v) is 9.20. The van der Waals surface area contributed by atoms with Crippen molar-refractivity contribution in [3.05, 3.63) is 95.1 Å². The number of rotatable bonds is 6. The fraction of sp³-hybridized carbons (Fsp3) is 0.526. The van der Waals surface area contributed by atoms with Crippen molar-refractivity contribution in [1.29, 1.82) is 0 Å². The van der Waals surface area contributed by atoms with Gasteiger partial charge in [-0.05, 0) is 139 Å². The van der Waals surface area contributed by atoms with Crippen LogP contribution in [0, 0.1) is 0 Å². The molecule has 5 rings (SSSR count). The average molecular weight is 537 g/mol. The molecule has 0 bridgehead atoms. The molecule has 0 atom stereocenters. The van der Waals surface area contributed by atoms with Crippen molar-refractivity contribution < 1.29 is 0 Å². The van der Waals surface area contributed by atoms with Gasteiger partial charge in [-0.15, -0.1) is 0 Å². The molecule has 214 valence electrons. The van der Waals surface area contributed by atoms with Crippen molar-refractivity contribution >= 4 is 0 Å². The maximum atomic E-state index is 3.81. The fourth-order valence-corrected chi connectivity index (χ4v) is 8.17. The largest absolute Gasteiger partial charge is 0.307 e. The highest BCUT2D eigenvalue weighted by molar-refractivity contribution is 5.64. The highest BCUT2D eigenvalue weighted by Crippen LogP contribution is 2.40. The Morgan fingerprint density at radius 2 is 0.725 bits per heavy atom. The molecule has 40 heavy (non-hydrogen) atoms. The minimum atomic E-state index is 0.171. The standard InChI is InChI=1S/C38H52N2/c1-35(2)23-33(24-36(3,4)39-35)31-17-13-28(14-18-31)10-9-27-11-15-29(16-12-27)30-19-21-32(22-20-30)34-25-37(5,6)40-38(7,8)26-34/h11-22,33-34,39-40H,9-10,23-26H2,1-8H3. The van der Waals surface area contributed by atoms with Crippen LogP contribution in [0.3, 0.4) is 0 Å². The van der Waals surface area contributed by atoms with Gasteiger partial charge in [0, 0.05) is 22.2 Å². The third kappa shape index (κ3) is 7.25. The molecule has 0 radical (unpaired) electrons. The van der Waals surface area contributed by atoms with E-state index in [1.807, 2.05) is 0 Å². The molecule has 3 aromatic rings. The fourth-order valence-electron chi connectivity index (χ4n) is 8.17. The van der Waals surface area contributed by atoms with E-state index < -0.39 is 0 Å². The second-order valence-electron chi connectivity index (χ2n) is 15.6. The molecular formula is C38H52N2. The summed E-state index contributed by atoms with van der Waals surface area (Å²) < 4.78 is 0. The van der Waals surface area contributed by atoms with Gasteiger partial charge in [0.1, 0.15) is 0 Å². The average Bonchev–Trinajstić information content (AvgIpc) is 2.85. The van der Waals surface area contributed by atoms with Crippen molar-refractivity contribution in [3.63, 3.8) is 0 Å². The van der Waals surface area contributed by atoms with E-state index in [1.165, 1.54) is 59.1 Å². The van der Waals surface area contributed by atoms with Gasteiger partial charge in [0.05, 0.1) is 0 Å². The number of hydrogen-bond donors (Lipinski definition) is 2. The van der Waals surface area contributed by atoms with Crippen LogP contribution in [-0.2, 0) is 12.8 Å². The van der Waals surface area contributed by atoms with E-state index in [0.29, 0.717) is 11.8 Å². The SMILES string of the molecule is CC1(C)CC(c2ccc(CCc3ccc(-c4ccc(C5CC(C)(C)NC(C)(C)C5)cc4)cc3)cc2)CC(C)(C)N1. The molecule has 2 aliphatic rings. The zero-order valence-electron chi connectivity index (χ0n) is 26.3. The first kappa shape index (κ1) is 29.1. The summed E-state index contributed by atoms with van der Waals surface area (Å²) in [6.07, 6.45) is 6.91. The van der Waals surface area contributed by atoms with Gasteiger partial charge in [0.25, 0.3) is 0 Å². The topological polar surface area (TPSA) is 24.1 Å². The smallest absolute Gasteiger partial charge is 0.0135 e. The predicted molar refractivity (Wildman–Crippen MR) is 172 cm³/mol. The Morgan fingerprint density at radius 3 is 1.07 bits per heavy atom. The summed E-state index contributed by atoms with van der Waals surface area (Å²) in [6, 6.07) is 28.1. The van der Waals surface area contributed by atoms with Crippen molar-refractivity contribution in [3.8, 4) is 11.1 Å². The maximum absolute atomic E-state index is 3.81. The van der Waals surface area contributed by atoms with Crippen LogP contribution < -0.4 is 10.6 Å². The van der Waals surface area contributed by atoms with E-state index in [2.05, 4.69) is 139 Å². The van der Waals surface area contributed by atoms with E-state index >= 15 is 0 Å². The first-order valence-electron chi connectivity index (χ1n) is 15.5. The summed E-state index contributed by atoms with van der Waals surface area (Å²) in [5, 5.41) is 7.63. The first-order chi connectivity index (χ1) is 18.7. The molecule has 0 aliphatic carbocycles. The lowest BCUT2D eigenvalue weighted by Crippen LogP contribution is -2.57. The lowest BCUT2D eigenvalue weighted by Gasteiger charge is -2.46. The van der Waals surface area contributed by atoms with Crippen molar-refractivity contribution in [2.75, 3.05) is 0 Å². The van der Waals surface area contributed by atoms with Crippen molar-refractivity contribution in [2.45, 2.75) is 128 Å². The Labute approximate surface area is 244 Å². The quantitative estimate of drug-likeness (QED) is 0.328. The molecule has 0 spiro atoms. The number of benzene rings is 3. The number of aryl methyl sites for hydroxylation is 2. The monoisotopic (exact) mass is 536 g/mol. The second kappa shape index (κ2) is 10.8. The summed E-state index contributed by atoms with van der Waals surface area (Å²) in [6.45, 7) is 18.7. The van der Waals surface area contributed by atoms with Crippen LogP contribution in [0.5, 0.6) is 0 Å². The second-order valence-corrected chi connectivity index (χ2v) is 15.6. The molecule has 3 aromatic carbocycles. The van der Waals surface area contributed by atoms with Gasteiger partial charge in [-0.3, -0.25) is 0 Å². The number of hydrogen-bond acceptors (Lipinski definition) is 2. The van der Waals surface area contributed by atoms with Gasteiger partial charge in [0.2, 0.25) is 0 Å². The van der Waals surface area contributed by atoms with Crippen molar-refractivity contribution in [2.24, 2.45) is 0 Å². The summed E-state index contributed by atoms with van der Waals surface area (Å²) >= 11 is 0. The Hall–Kier alpha value is -2.42. The highest BCUT2D eigenvalue weighted by Gasteiger charge is 2.39. The molecule has 0 saturated carbocycles. The molecule has 2 N–H and O–H groups in total. The van der Waals surface area contributed by atoms with Gasteiger partial charge >= 0.3 is 0 Å². The molecule has 2 heterocycles. The Morgan fingerprint density at radius 1 is 0.450 bits per heavy atom. The van der Waals surface area contributed by atoms with Crippen LogP contribution >= 0.6 is 0 Å². The van der Waals surface area contributed by atoms with Crippen LogP contribution in [0.4, 0.5) is 0 Å². The highest BCUT2D eigenvalue weighted by atomic mass is 15.1. The van der Waals surface area contributed by atoms with E-state index in [-0.39, 0.29) is 22.2 Å². The van der Waals surface area contributed by atoms with Gasteiger partial charge in [-0.1, -0.05) is 72.8 Å². The number of piperidine rings is 2. The molecule has 0 unspecified atom stereocenters. The van der Waals surface area contributed by atoms with Crippen LogP contribution in [-0.4, -0.2) is 22.2 Å². The summed E-state index contributed by atoms with van der Waals surface area (Å²) in [5.41, 5.74) is 9.12.